The van der Waals surface area contributed by atoms with Crippen molar-refractivity contribution in [3.63, 3.8) is 0 Å². The molecule has 0 spiro atoms. The van der Waals surface area contributed by atoms with Gasteiger partial charge in [0.2, 0.25) is 0 Å². The molecule has 0 radical (unpaired) electrons. The zero-order valence-corrected chi connectivity index (χ0v) is 18.2. The van der Waals surface area contributed by atoms with Crippen LogP contribution in [0.3, 0.4) is 0 Å². The highest BCUT2D eigenvalue weighted by atomic mass is 32.2. The molecule has 0 amide bonds. The van der Waals surface area contributed by atoms with Gasteiger partial charge in [-0.05, 0) is 61.7 Å². The van der Waals surface area contributed by atoms with Gasteiger partial charge >= 0.3 is 0 Å². The lowest BCUT2D eigenvalue weighted by atomic mass is 10.1. The molecule has 0 aliphatic carbocycles. The molecule has 2 aromatic carbocycles. The van der Waals surface area contributed by atoms with Gasteiger partial charge in [0.15, 0.2) is 0 Å². The molecular weight excluding hydrogens is 382 g/mol. The third kappa shape index (κ3) is 5.59. The van der Waals surface area contributed by atoms with Gasteiger partial charge in [-0.25, -0.2) is 8.57 Å². The van der Waals surface area contributed by atoms with Crippen molar-refractivity contribution in [2.75, 3.05) is 33.0 Å². The van der Waals surface area contributed by atoms with Crippen molar-refractivity contribution in [3.8, 4) is 11.8 Å². The predicted molar refractivity (Wildman–Crippen MR) is 117 cm³/mol. The molecule has 3 rings (SSSR count). The zero-order valence-electron chi connectivity index (χ0n) is 17.4. The summed E-state index contributed by atoms with van der Waals surface area (Å²) in [7, 11) is -0.716. The van der Waals surface area contributed by atoms with Crippen molar-refractivity contribution in [2.45, 2.75) is 30.7 Å². The van der Waals surface area contributed by atoms with Crippen molar-refractivity contribution in [3.05, 3.63) is 59.7 Å². The summed E-state index contributed by atoms with van der Waals surface area (Å²) in [5, 5.41) is 9.05. The highest BCUT2D eigenvalue weighted by Crippen LogP contribution is 2.25. The van der Waals surface area contributed by atoms with E-state index in [-0.39, 0.29) is 0 Å². The fourth-order valence-corrected chi connectivity index (χ4v) is 4.68. The summed E-state index contributed by atoms with van der Waals surface area (Å²) in [6, 6.07) is 18.0. The summed E-state index contributed by atoms with van der Waals surface area (Å²) >= 11 is 0. The van der Waals surface area contributed by atoms with Crippen LogP contribution in [-0.4, -0.2) is 48.2 Å². The summed E-state index contributed by atoms with van der Waals surface area (Å²) < 4.78 is 22.2. The van der Waals surface area contributed by atoms with E-state index >= 15 is 0 Å². The van der Waals surface area contributed by atoms with E-state index < -0.39 is 9.73 Å². The first-order valence-corrected chi connectivity index (χ1v) is 11.9. The van der Waals surface area contributed by atoms with Crippen LogP contribution in [0.4, 0.5) is 0 Å². The minimum Gasteiger partial charge on any atom is -0.493 e. The predicted octanol–water partition coefficient (Wildman–Crippen LogP) is 3.98. The largest absolute Gasteiger partial charge is 0.493 e. The molecule has 154 valence electrons. The van der Waals surface area contributed by atoms with E-state index in [9.17, 15) is 4.21 Å². The number of nitriles is 1. The quantitative estimate of drug-likeness (QED) is 0.691. The Morgan fingerprint density at radius 1 is 1.28 bits per heavy atom. The van der Waals surface area contributed by atoms with Gasteiger partial charge in [-0.2, -0.15) is 5.26 Å². The minimum atomic E-state index is -2.30. The Kier molecular flexibility index (Phi) is 6.94. The number of ether oxygens (including phenoxy) is 1. The van der Waals surface area contributed by atoms with Crippen LogP contribution in [0.2, 0.25) is 0 Å². The molecule has 2 aromatic rings. The van der Waals surface area contributed by atoms with Gasteiger partial charge in [0, 0.05) is 43.2 Å². The molecule has 6 heteroatoms. The molecule has 2 unspecified atom stereocenters. The smallest absolute Gasteiger partial charge is 0.119 e. The maximum Gasteiger partial charge on any atom is 0.119 e. The summed E-state index contributed by atoms with van der Waals surface area (Å²) in [5.41, 5.74) is 1.93. The van der Waals surface area contributed by atoms with Crippen molar-refractivity contribution >= 4 is 9.73 Å². The monoisotopic (exact) mass is 411 g/mol. The lowest BCUT2D eigenvalue weighted by Gasteiger charge is -2.21. The van der Waals surface area contributed by atoms with Gasteiger partial charge in [-0.15, -0.1) is 0 Å². The van der Waals surface area contributed by atoms with Crippen molar-refractivity contribution in [1.82, 2.24) is 4.90 Å². The van der Waals surface area contributed by atoms with Crippen molar-refractivity contribution in [2.24, 2.45) is 10.3 Å². The molecule has 0 N–H and O–H groups in total. The maximum atomic E-state index is 12.3. The Morgan fingerprint density at radius 2 is 2.03 bits per heavy atom. The third-order valence-electron chi connectivity index (χ3n) is 5.63. The van der Waals surface area contributed by atoms with E-state index in [1.807, 2.05) is 42.5 Å². The number of hydrogen-bond donors (Lipinski definition) is 0. The molecule has 3 atom stereocenters. The van der Waals surface area contributed by atoms with E-state index in [0.29, 0.717) is 18.6 Å². The van der Waals surface area contributed by atoms with Crippen LogP contribution in [0, 0.1) is 17.2 Å². The van der Waals surface area contributed by atoms with E-state index in [1.54, 1.807) is 13.3 Å². The number of likely N-dealkylation sites (tertiary alicyclic amines) is 1. The highest BCUT2D eigenvalue weighted by Gasteiger charge is 2.29. The Balaban J connectivity index is 1.49. The zero-order chi connectivity index (χ0) is 20.9. The van der Waals surface area contributed by atoms with E-state index in [2.05, 4.69) is 28.3 Å². The van der Waals surface area contributed by atoms with E-state index in [4.69, 9.17) is 10.00 Å². The molecule has 1 aliphatic heterocycles. The molecule has 1 saturated heterocycles. The second-order valence-corrected chi connectivity index (χ2v) is 10.2. The topological polar surface area (TPSA) is 65.7 Å². The van der Waals surface area contributed by atoms with Crippen LogP contribution in [0.25, 0.3) is 0 Å². The first-order valence-electron chi connectivity index (χ1n) is 9.97. The first-order chi connectivity index (χ1) is 13.9. The lowest BCUT2D eigenvalue weighted by Crippen LogP contribution is -2.29. The molecule has 0 aromatic heterocycles. The summed E-state index contributed by atoms with van der Waals surface area (Å²) in [5.74, 6) is 1.30. The van der Waals surface area contributed by atoms with Crippen LogP contribution in [0.15, 0.2) is 57.8 Å². The molecule has 5 nitrogen and oxygen atoms in total. The fourth-order valence-electron chi connectivity index (χ4n) is 3.83. The number of nitrogens with zero attached hydrogens (tertiary/aromatic N) is 3. The van der Waals surface area contributed by atoms with Gasteiger partial charge < -0.3 is 4.74 Å². The van der Waals surface area contributed by atoms with Crippen LogP contribution < -0.4 is 4.74 Å². The van der Waals surface area contributed by atoms with Crippen LogP contribution in [-0.2, 0) is 16.1 Å². The van der Waals surface area contributed by atoms with Crippen molar-refractivity contribution in [1.29, 1.82) is 5.26 Å². The molecule has 0 saturated carbocycles. The van der Waals surface area contributed by atoms with Gasteiger partial charge in [0.1, 0.15) is 5.75 Å². The third-order valence-corrected chi connectivity index (χ3v) is 7.47. The van der Waals surface area contributed by atoms with Crippen molar-refractivity contribution < 1.29 is 8.95 Å². The summed E-state index contributed by atoms with van der Waals surface area (Å²) in [6.45, 7) is 4.97. The Bertz CT molecular complexity index is 988. The Morgan fingerprint density at radius 3 is 2.72 bits per heavy atom. The standard InChI is InChI=1S/C23H29N3O2S/c1-18-13-21(16-26(18)12-11-19-5-4-6-20(14-19)15-24)17-28-22-7-9-23(10-8-22)29(3,27)25-2/h4-10,14,18,21H,11-13,16-17H2,1-3H3/t18-,21?,29?/m1/s1. The Hall–Kier alpha value is -2.36. The Labute approximate surface area is 174 Å². The second-order valence-electron chi connectivity index (χ2n) is 7.78. The lowest BCUT2D eigenvalue weighted by molar-refractivity contribution is 0.234. The minimum absolute atomic E-state index is 0.496. The summed E-state index contributed by atoms with van der Waals surface area (Å²) in [4.78, 5) is 3.24. The van der Waals surface area contributed by atoms with Crippen LogP contribution >= 0.6 is 0 Å². The average Bonchev–Trinajstić information content (AvgIpc) is 3.10. The van der Waals surface area contributed by atoms with E-state index in [1.165, 1.54) is 5.56 Å². The molecule has 0 bridgehead atoms. The fraction of sp³-hybridized carbons (Fsp3) is 0.435. The molecule has 1 heterocycles. The molecule has 29 heavy (non-hydrogen) atoms. The van der Waals surface area contributed by atoms with E-state index in [0.717, 1.165) is 42.1 Å². The second kappa shape index (κ2) is 9.43. The average molecular weight is 412 g/mol. The first kappa shape index (κ1) is 21.4. The molecular formula is C23H29N3O2S. The normalized spacial score (nSPS) is 21.3. The summed E-state index contributed by atoms with van der Waals surface area (Å²) in [6.07, 6.45) is 3.72. The maximum absolute atomic E-state index is 12.3. The van der Waals surface area contributed by atoms with Crippen LogP contribution in [0.1, 0.15) is 24.5 Å². The molecule has 1 fully saturated rings. The SMILES string of the molecule is CN=S(C)(=O)c1ccc(OCC2C[C@@H](C)N(CCc3cccc(C#N)c3)C2)cc1. The number of rotatable bonds is 7. The van der Waals surface area contributed by atoms with Crippen LogP contribution in [0.5, 0.6) is 5.75 Å². The van der Waals surface area contributed by atoms with Gasteiger partial charge in [-0.3, -0.25) is 4.90 Å². The van der Waals surface area contributed by atoms with Gasteiger partial charge in [0.25, 0.3) is 0 Å². The molecule has 1 aliphatic rings. The highest BCUT2D eigenvalue weighted by molar-refractivity contribution is 7.93. The van der Waals surface area contributed by atoms with Gasteiger partial charge in [0.05, 0.1) is 28.0 Å². The number of hydrogen-bond acceptors (Lipinski definition) is 5. The van der Waals surface area contributed by atoms with Gasteiger partial charge in [-0.1, -0.05) is 12.1 Å². The number of benzene rings is 2.